The highest BCUT2D eigenvalue weighted by Gasteiger charge is 2.38. The summed E-state index contributed by atoms with van der Waals surface area (Å²) in [6.07, 6.45) is 3.84. The van der Waals surface area contributed by atoms with Crippen molar-refractivity contribution < 1.29 is 19.5 Å². The number of aliphatic carboxylic acids is 1. The number of carboxylic acid groups (broad SMARTS) is 1. The van der Waals surface area contributed by atoms with Crippen LogP contribution in [-0.2, 0) is 14.4 Å². The monoisotopic (exact) mass is 437 g/mol. The number of rotatable bonds is 11. The minimum Gasteiger partial charge on any atom is -0.481 e. The van der Waals surface area contributed by atoms with Gasteiger partial charge in [0.2, 0.25) is 11.8 Å². The molecule has 2 N–H and O–H groups in total. The van der Waals surface area contributed by atoms with Gasteiger partial charge in [-0.25, -0.2) is 4.99 Å². The number of carboxylic acids is 1. The second-order valence-corrected chi connectivity index (χ2v) is 8.08. The van der Waals surface area contributed by atoms with Crippen molar-refractivity contribution in [3.05, 3.63) is 41.9 Å². The van der Waals surface area contributed by atoms with E-state index in [0.29, 0.717) is 41.8 Å². The molecule has 1 aromatic rings. The Kier molecular flexibility index (Phi) is 9.21. The maximum absolute atomic E-state index is 12.7. The minimum absolute atomic E-state index is 0.0614. The van der Waals surface area contributed by atoms with Gasteiger partial charge in [-0.15, -0.1) is 6.58 Å². The number of aliphatic imine (C=N–C) groups is 1. The number of carbonyl (C=O) groups excluding carboxylic acids is 2. The number of hydrogen-bond donors (Lipinski definition) is 2. The zero-order valence-electron chi connectivity index (χ0n) is 16.0. The molecule has 0 bridgehead atoms. The average molecular weight is 438 g/mol. The Hall–Kier alpha value is -2.32. The first-order chi connectivity index (χ1) is 13.9. The summed E-state index contributed by atoms with van der Waals surface area (Å²) >= 11 is 7.16. The summed E-state index contributed by atoms with van der Waals surface area (Å²) in [5, 5.41) is 12.0. The fraction of sp³-hybridized carbons (Fsp3) is 0.400. The standard InChI is InChI=1S/C20H24ClN3O4S/c1-2-12-24-19(28)16(13-17(25)22-11-5-3-4-6-18(26)27)29-20(24)23-15-9-7-14(21)8-10-15/h2,7-10,16H,1,3-6,11-13H2,(H,22,25)(H,26,27)/t16-/m1/s1. The van der Waals surface area contributed by atoms with Crippen LogP contribution in [0.15, 0.2) is 41.9 Å². The lowest BCUT2D eigenvalue weighted by atomic mass is 10.2. The van der Waals surface area contributed by atoms with E-state index < -0.39 is 11.2 Å². The van der Waals surface area contributed by atoms with E-state index >= 15 is 0 Å². The van der Waals surface area contributed by atoms with Crippen LogP contribution in [0.1, 0.15) is 32.1 Å². The number of nitrogens with zero attached hydrogens (tertiary/aromatic N) is 2. The molecule has 0 radical (unpaired) electrons. The molecule has 1 fully saturated rings. The van der Waals surface area contributed by atoms with Gasteiger partial charge in [-0.1, -0.05) is 35.9 Å². The smallest absolute Gasteiger partial charge is 0.303 e. The molecule has 0 unspecified atom stereocenters. The molecule has 1 aliphatic heterocycles. The molecule has 1 aliphatic rings. The summed E-state index contributed by atoms with van der Waals surface area (Å²) in [6, 6.07) is 6.97. The summed E-state index contributed by atoms with van der Waals surface area (Å²) in [6.45, 7) is 4.47. The number of carbonyl (C=O) groups is 3. The van der Waals surface area contributed by atoms with Gasteiger partial charge >= 0.3 is 5.97 Å². The van der Waals surface area contributed by atoms with E-state index in [-0.39, 0.29) is 24.7 Å². The molecule has 156 valence electrons. The van der Waals surface area contributed by atoms with E-state index in [2.05, 4.69) is 16.9 Å². The van der Waals surface area contributed by atoms with Crippen molar-refractivity contribution in [3.63, 3.8) is 0 Å². The summed E-state index contributed by atoms with van der Waals surface area (Å²) in [5.74, 6) is -1.19. The number of halogens is 1. The van der Waals surface area contributed by atoms with Gasteiger partial charge in [0, 0.05) is 31.0 Å². The normalized spacial score (nSPS) is 17.6. The molecule has 1 aromatic carbocycles. The quantitative estimate of drug-likeness (QED) is 0.407. The first-order valence-electron chi connectivity index (χ1n) is 9.32. The predicted octanol–water partition coefficient (Wildman–Crippen LogP) is 3.61. The number of amides is 2. The Balaban J connectivity index is 1.89. The maximum atomic E-state index is 12.7. The van der Waals surface area contributed by atoms with E-state index in [9.17, 15) is 14.4 Å². The average Bonchev–Trinajstić information content (AvgIpc) is 2.95. The van der Waals surface area contributed by atoms with Gasteiger partial charge in [0.25, 0.3) is 0 Å². The SMILES string of the molecule is C=CCN1C(=O)[C@@H](CC(=O)NCCCCCC(=O)O)SC1=Nc1ccc(Cl)cc1. The molecule has 0 saturated carbocycles. The van der Waals surface area contributed by atoms with E-state index in [1.165, 1.54) is 16.7 Å². The van der Waals surface area contributed by atoms with Crippen molar-refractivity contribution in [1.82, 2.24) is 10.2 Å². The first kappa shape index (κ1) is 23.0. The molecular formula is C20H24ClN3O4S. The lowest BCUT2D eigenvalue weighted by Crippen LogP contribution is -2.35. The fourth-order valence-electron chi connectivity index (χ4n) is 2.69. The fourth-order valence-corrected chi connectivity index (χ4v) is 3.99. The third-order valence-electron chi connectivity index (χ3n) is 4.14. The predicted molar refractivity (Wildman–Crippen MR) is 116 cm³/mol. The first-order valence-corrected chi connectivity index (χ1v) is 10.6. The molecule has 1 heterocycles. The number of nitrogens with one attached hydrogen (secondary N) is 1. The van der Waals surface area contributed by atoms with Crippen LogP contribution in [-0.4, -0.2) is 51.3 Å². The zero-order valence-corrected chi connectivity index (χ0v) is 17.5. The van der Waals surface area contributed by atoms with E-state index in [1.54, 1.807) is 30.3 Å². The number of benzene rings is 1. The molecule has 9 heteroatoms. The summed E-state index contributed by atoms with van der Waals surface area (Å²) in [4.78, 5) is 41.4. The molecule has 2 rings (SSSR count). The number of thioether (sulfide) groups is 1. The lowest BCUT2D eigenvalue weighted by molar-refractivity contribution is -0.137. The molecule has 0 aromatic heterocycles. The molecular weight excluding hydrogens is 414 g/mol. The van der Waals surface area contributed by atoms with Crippen molar-refractivity contribution in [1.29, 1.82) is 0 Å². The summed E-state index contributed by atoms with van der Waals surface area (Å²) in [7, 11) is 0. The van der Waals surface area contributed by atoms with Crippen LogP contribution in [0.2, 0.25) is 5.02 Å². The Morgan fingerprint density at radius 3 is 2.66 bits per heavy atom. The molecule has 7 nitrogen and oxygen atoms in total. The number of hydrogen-bond acceptors (Lipinski definition) is 5. The van der Waals surface area contributed by atoms with Crippen molar-refractivity contribution in [2.45, 2.75) is 37.4 Å². The van der Waals surface area contributed by atoms with Crippen LogP contribution in [0.5, 0.6) is 0 Å². The van der Waals surface area contributed by atoms with Crippen molar-refractivity contribution in [3.8, 4) is 0 Å². The van der Waals surface area contributed by atoms with Gasteiger partial charge in [0.05, 0.1) is 5.69 Å². The minimum atomic E-state index is -0.814. The number of unbranched alkanes of at least 4 members (excludes halogenated alkanes) is 2. The van der Waals surface area contributed by atoms with Crippen molar-refractivity contribution in [2.24, 2.45) is 4.99 Å². The van der Waals surface area contributed by atoms with Crippen LogP contribution < -0.4 is 5.32 Å². The van der Waals surface area contributed by atoms with E-state index in [1.807, 2.05) is 0 Å². The zero-order chi connectivity index (χ0) is 21.2. The highest BCUT2D eigenvalue weighted by atomic mass is 35.5. The van der Waals surface area contributed by atoms with Crippen LogP contribution in [0.4, 0.5) is 5.69 Å². The maximum Gasteiger partial charge on any atom is 0.303 e. The molecule has 0 spiro atoms. The van der Waals surface area contributed by atoms with Crippen LogP contribution >= 0.6 is 23.4 Å². The Morgan fingerprint density at radius 2 is 2.00 bits per heavy atom. The van der Waals surface area contributed by atoms with Crippen LogP contribution in [0.3, 0.4) is 0 Å². The molecule has 2 amide bonds. The largest absolute Gasteiger partial charge is 0.481 e. The Bertz CT molecular complexity index is 782. The van der Waals surface area contributed by atoms with E-state index in [0.717, 1.165) is 6.42 Å². The molecule has 1 atom stereocenters. The lowest BCUT2D eigenvalue weighted by Gasteiger charge is -2.13. The summed E-state index contributed by atoms with van der Waals surface area (Å²) in [5.41, 5.74) is 0.672. The van der Waals surface area contributed by atoms with Gasteiger partial charge in [-0.05, 0) is 37.1 Å². The van der Waals surface area contributed by atoms with E-state index in [4.69, 9.17) is 16.7 Å². The second kappa shape index (κ2) is 11.6. The van der Waals surface area contributed by atoms with Crippen molar-refractivity contribution in [2.75, 3.05) is 13.1 Å². The second-order valence-electron chi connectivity index (χ2n) is 6.47. The molecule has 0 aliphatic carbocycles. The third kappa shape index (κ3) is 7.55. The van der Waals surface area contributed by atoms with Gasteiger partial charge in [-0.3, -0.25) is 19.3 Å². The number of amidine groups is 1. The topological polar surface area (TPSA) is 99.1 Å². The highest BCUT2D eigenvalue weighted by molar-refractivity contribution is 8.15. The van der Waals surface area contributed by atoms with Gasteiger partial charge < -0.3 is 10.4 Å². The third-order valence-corrected chi connectivity index (χ3v) is 5.57. The van der Waals surface area contributed by atoms with Gasteiger partial charge in [0.1, 0.15) is 5.25 Å². The van der Waals surface area contributed by atoms with Crippen LogP contribution in [0, 0.1) is 0 Å². The highest BCUT2D eigenvalue weighted by Crippen LogP contribution is 2.31. The van der Waals surface area contributed by atoms with Gasteiger partial charge in [0.15, 0.2) is 5.17 Å². The Labute approximate surface area is 179 Å². The van der Waals surface area contributed by atoms with Crippen LogP contribution in [0.25, 0.3) is 0 Å². The molecule has 1 saturated heterocycles. The van der Waals surface area contributed by atoms with Gasteiger partial charge in [-0.2, -0.15) is 0 Å². The Morgan fingerprint density at radius 1 is 1.28 bits per heavy atom. The summed E-state index contributed by atoms with van der Waals surface area (Å²) < 4.78 is 0. The molecule has 29 heavy (non-hydrogen) atoms. The van der Waals surface area contributed by atoms with Crippen molar-refractivity contribution >= 4 is 52.0 Å².